The van der Waals surface area contributed by atoms with Crippen molar-refractivity contribution in [3.05, 3.63) is 0 Å². The summed E-state index contributed by atoms with van der Waals surface area (Å²) in [6.45, 7) is 12.4. The van der Waals surface area contributed by atoms with Crippen LogP contribution in [0.3, 0.4) is 0 Å². The Labute approximate surface area is 113 Å². The molecule has 110 valence electrons. The Balaban J connectivity index is 3.78. The first kappa shape index (κ1) is 17.8. The highest BCUT2D eigenvalue weighted by molar-refractivity contribution is 4.68. The molecule has 1 N–H and O–H groups in total. The van der Waals surface area contributed by atoms with Crippen LogP contribution in [0.4, 0.5) is 0 Å². The Kier molecular flexibility index (Phi) is 11.8. The van der Waals surface area contributed by atoms with Crippen molar-refractivity contribution in [1.29, 1.82) is 0 Å². The second-order valence-corrected chi connectivity index (χ2v) is 5.27. The van der Waals surface area contributed by atoms with Gasteiger partial charge in [0.05, 0.1) is 13.2 Å². The third-order valence-electron chi connectivity index (χ3n) is 3.09. The van der Waals surface area contributed by atoms with Crippen molar-refractivity contribution in [2.75, 3.05) is 53.6 Å². The number of ether oxygens (including phenoxy) is 2. The van der Waals surface area contributed by atoms with E-state index in [4.69, 9.17) is 9.47 Å². The molecule has 4 heteroatoms. The number of nitrogens with zero attached hydrogens (tertiary/aromatic N) is 1. The molecule has 18 heavy (non-hydrogen) atoms. The first-order valence-corrected chi connectivity index (χ1v) is 7.04. The van der Waals surface area contributed by atoms with Gasteiger partial charge < -0.3 is 14.8 Å². The monoisotopic (exact) mass is 260 g/mol. The summed E-state index contributed by atoms with van der Waals surface area (Å²) in [7, 11) is 3.51. The lowest BCUT2D eigenvalue weighted by atomic mass is 10.1. The van der Waals surface area contributed by atoms with E-state index < -0.39 is 0 Å². The smallest absolute Gasteiger partial charge is 0.0615 e. The largest absolute Gasteiger partial charge is 0.383 e. The highest BCUT2D eigenvalue weighted by Gasteiger charge is 2.12. The van der Waals surface area contributed by atoms with Gasteiger partial charge in [0.1, 0.15) is 0 Å². The molecule has 1 atom stereocenters. The lowest BCUT2D eigenvalue weighted by molar-refractivity contribution is 0.0757. The fourth-order valence-corrected chi connectivity index (χ4v) is 1.85. The Morgan fingerprint density at radius 1 is 1.00 bits per heavy atom. The molecule has 0 aliphatic carbocycles. The predicted molar refractivity (Wildman–Crippen MR) is 77.1 cm³/mol. The summed E-state index contributed by atoms with van der Waals surface area (Å²) >= 11 is 0. The van der Waals surface area contributed by atoms with Crippen LogP contribution in [-0.2, 0) is 9.47 Å². The number of rotatable bonds is 12. The highest BCUT2D eigenvalue weighted by Crippen LogP contribution is 1.99. The zero-order valence-corrected chi connectivity index (χ0v) is 12.9. The summed E-state index contributed by atoms with van der Waals surface area (Å²) in [4.78, 5) is 2.41. The molecular formula is C14H32N2O2. The molecule has 0 amide bonds. The van der Waals surface area contributed by atoms with Crippen LogP contribution in [0.5, 0.6) is 0 Å². The van der Waals surface area contributed by atoms with Crippen LogP contribution in [0.2, 0.25) is 0 Å². The lowest BCUT2D eigenvalue weighted by Gasteiger charge is -2.28. The third-order valence-corrected chi connectivity index (χ3v) is 3.09. The van der Waals surface area contributed by atoms with E-state index in [0.29, 0.717) is 6.04 Å². The second-order valence-electron chi connectivity index (χ2n) is 5.27. The normalized spacial score (nSPS) is 13.5. The summed E-state index contributed by atoms with van der Waals surface area (Å²) < 4.78 is 10.4. The predicted octanol–water partition coefficient (Wildman–Crippen LogP) is 1.61. The molecule has 4 nitrogen and oxygen atoms in total. The topological polar surface area (TPSA) is 33.7 Å². The molecule has 0 saturated carbocycles. The van der Waals surface area contributed by atoms with Crippen molar-refractivity contribution < 1.29 is 9.47 Å². The number of nitrogens with one attached hydrogen (secondary N) is 1. The number of methoxy groups -OCH3 is 2. The Morgan fingerprint density at radius 2 is 1.72 bits per heavy atom. The van der Waals surface area contributed by atoms with Gasteiger partial charge in [-0.1, -0.05) is 13.8 Å². The minimum Gasteiger partial charge on any atom is -0.383 e. The molecule has 0 aliphatic heterocycles. The average Bonchev–Trinajstić information content (AvgIpc) is 2.32. The number of hydrogen-bond donors (Lipinski definition) is 1. The Bertz CT molecular complexity index is 177. The molecule has 0 saturated heterocycles. The lowest BCUT2D eigenvalue weighted by Crippen LogP contribution is -2.42. The summed E-state index contributed by atoms with van der Waals surface area (Å²) in [6.07, 6.45) is 1.24. The van der Waals surface area contributed by atoms with Crippen LogP contribution in [0.1, 0.15) is 27.2 Å². The van der Waals surface area contributed by atoms with Gasteiger partial charge >= 0.3 is 0 Å². The van der Waals surface area contributed by atoms with E-state index in [9.17, 15) is 0 Å². The molecule has 0 fully saturated rings. The molecule has 0 heterocycles. The quantitative estimate of drug-likeness (QED) is 0.541. The van der Waals surface area contributed by atoms with Crippen LogP contribution < -0.4 is 5.32 Å². The molecule has 0 radical (unpaired) electrons. The van der Waals surface area contributed by atoms with Crippen molar-refractivity contribution in [1.82, 2.24) is 10.2 Å². The van der Waals surface area contributed by atoms with Crippen molar-refractivity contribution in [3.8, 4) is 0 Å². The van der Waals surface area contributed by atoms with Crippen LogP contribution >= 0.6 is 0 Å². The summed E-state index contributed by atoms with van der Waals surface area (Å²) in [5.41, 5.74) is 0. The van der Waals surface area contributed by atoms with Gasteiger partial charge in [-0.2, -0.15) is 0 Å². The standard InChI is InChI=1S/C14H32N2O2/c1-13(2)6-7-15-8-9-16(10-11-17-4)14(3)12-18-5/h13-15H,6-12H2,1-5H3. The average molecular weight is 260 g/mol. The van der Waals surface area contributed by atoms with Gasteiger partial charge in [0.25, 0.3) is 0 Å². The van der Waals surface area contributed by atoms with Gasteiger partial charge in [-0.25, -0.2) is 0 Å². The molecule has 0 rings (SSSR count). The van der Waals surface area contributed by atoms with E-state index in [1.54, 1.807) is 14.2 Å². The SMILES string of the molecule is COCCN(CCNCCC(C)C)C(C)COC. The van der Waals surface area contributed by atoms with E-state index in [0.717, 1.165) is 45.3 Å². The van der Waals surface area contributed by atoms with E-state index >= 15 is 0 Å². The van der Waals surface area contributed by atoms with Crippen LogP contribution in [-0.4, -0.2) is 64.6 Å². The summed E-state index contributed by atoms with van der Waals surface area (Å²) in [5.74, 6) is 0.773. The zero-order valence-electron chi connectivity index (χ0n) is 12.9. The first-order valence-electron chi connectivity index (χ1n) is 7.04. The minimum atomic E-state index is 0.442. The minimum absolute atomic E-state index is 0.442. The molecule has 0 aromatic heterocycles. The third kappa shape index (κ3) is 9.83. The first-order chi connectivity index (χ1) is 8.61. The van der Waals surface area contributed by atoms with Crippen LogP contribution in [0.25, 0.3) is 0 Å². The van der Waals surface area contributed by atoms with Crippen molar-refractivity contribution in [2.45, 2.75) is 33.2 Å². The maximum Gasteiger partial charge on any atom is 0.0615 e. The van der Waals surface area contributed by atoms with Crippen molar-refractivity contribution >= 4 is 0 Å². The van der Waals surface area contributed by atoms with Gasteiger partial charge in [-0.15, -0.1) is 0 Å². The zero-order chi connectivity index (χ0) is 13.8. The van der Waals surface area contributed by atoms with Gasteiger partial charge in [-0.3, -0.25) is 4.90 Å². The second kappa shape index (κ2) is 11.9. The van der Waals surface area contributed by atoms with E-state index in [1.807, 2.05) is 0 Å². The van der Waals surface area contributed by atoms with Crippen LogP contribution in [0.15, 0.2) is 0 Å². The molecule has 0 spiro atoms. The molecule has 0 bridgehead atoms. The van der Waals surface area contributed by atoms with Gasteiger partial charge in [-0.05, 0) is 25.8 Å². The van der Waals surface area contributed by atoms with Gasteiger partial charge in [0.2, 0.25) is 0 Å². The summed E-state index contributed by atoms with van der Waals surface area (Å²) in [5, 5.41) is 3.50. The van der Waals surface area contributed by atoms with Gasteiger partial charge in [0.15, 0.2) is 0 Å². The van der Waals surface area contributed by atoms with E-state index in [-0.39, 0.29) is 0 Å². The van der Waals surface area contributed by atoms with Crippen LogP contribution in [0, 0.1) is 5.92 Å². The molecule has 0 aromatic rings. The molecule has 0 aromatic carbocycles. The highest BCUT2D eigenvalue weighted by atomic mass is 16.5. The fraction of sp³-hybridized carbons (Fsp3) is 1.00. The van der Waals surface area contributed by atoms with E-state index in [2.05, 4.69) is 31.0 Å². The molecular weight excluding hydrogens is 228 g/mol. The maximum atomic E-state index is 5.22. The Hall–Kier alpha value is -0.160. The van der Waals surface area contributed by atoms with Crippen molar-refractivity contribution in [2.24, 2.45) is 5.92 Å². The van der Waals surface area contributed by atoms with E-state index in [1.165, 1.54) is 6.42 Å². The maximum absolute atomic E-state index is 5.22. The number of hydrogen-bond acceptors (Lipinski definition) is 4. The molecule has 0 aliphatic rings. The Morgan fingerprint density at radius 3 is 2.28 bits per heavy atom. The summed E-state index contributed by atoms with van der Waals surface area (Å²) in [6, 6.07) is 0.442. The van der Waals surface area contributed by atoms with Gasteiger partial charge in [0, 0.05) is 39.9 Å². The molecule has 1 unspecified atom stereocenters. The van der Waals surface area contributed by atoms with Crippen molar-refractivity contribution in [3.63, 3.8) is 0 Å². The fourth-order valence-electron chi connectivity index (χ4n) is 1.85.